The molecule has 186 valence electrons. The van der Waals surface area contributed by atoms with Gasteiger partial charge in [-0.1, -0.05) is 28.1 Å². The van der Waals surface area contributed by atoms with Gasteiger partial charge in [-0.3, -0.25) is 9.69 Å². The van der Waals surface area contributed by atoms with Crippen LogP contribution in [-0.2, 0) is 17.9 Å². The van der Waals surface area contributed by atoms with Crippen molar-refractivity contribution in [1.29, 1.82) is 0 Å². The molecule has 4 rings (SSSR count). The van der Waals surface area contributed by atoms with Crippen molar-refractivity contribution in [3.05, 3.63) is 79.2 Å². The maximum atomic E-state index is 13.4. The summed E-state index contributed by atoms with van der Waals surface area (Å²) in [6.45, 7) is 11.9. The van der Waals surface area contributed by atoms with E-state index in [0.29, 0.717) is 25.3 Å². The highest BCUT2D eigenvalue weighted by molar-refractivity contribution is 9.10. The molecule has 1 aromatic heterocycles. The second-order valence-corrected chi connectivity index (χ2v) is 10.8. The largest absolute Gasteiger partial charge is 0.486 e. The Balaban J connectivity index is 1.44. The Hall–Kier alpha value is -2.26. The summed E-state index contributed by atoms with van der Waals surface area (Å²) in [5.41, 5.74) is 5.12. The Bertz CT molecular complexity index is 1160. The Kier molecular flexibility index (Phi) is 8.94. The van der Waals surface area contributed by atoms with Gasteiger partial charge in [0.1, 0.15) is 17.4 Å². The average Bonchev–Trinajstić information content (AvgIpc) is 3.30. The molecule has 3 aromatic rings. The van der Waals surface area contributed by atoms with E-state index >= 15 is 0 Å². The van der Waals surface area contributed by atoms with E-state index in [1.165, 1.54) is 11.1 Å². The van der Waals surface area contributed by atoms with Crippen LogP contribution in [0, 0.1) is 20.8 Å². The van der Waals surface area contributed by atoms with Crippen LogP contribution in [0.2, 0.25) is 0 Å². The third-order valence-electron chi connectivity index (χ3n) is 6.22. The van der Waals surface area contributed by atoms with Crippen LogP contribution >= 0.6 is 27.3 Å². The van der Waals surface area contributed by atoms with Gasteiger partial charge in [0.05, 0.1) is 25.5 Å². The minimum absolute atomic E-state index is 0.0104. The Morgan fingerprint density at radius 1 is 1.20 bits per heavy atom. The summed E-state index contributed by atoms with van der Waals surface area (Å²) >= 11 is 5.06. The van der Waals surface area contributed by atoms with Gasteiger partial charge in [0.15, 0.2) is 0 Å². The predicted octanol–water partition coefficient (Wildman–Crippen LogP) is 5.38. The lowest BCUT2D eigenvalue weighted by Gasteiger charge is -2.30. The van der Waals surface area contributed by atoms with E-state index in [9.17, 15) is 4.79 Å². The monoisotopic (exact) mass is 557 g/mol. The summed E-state index contributed by atoms with van der Waals surface area (Å²) in [7, 11) is 0. The first kappa shape index (κ1) is 25.8. The van der Waals surface area contributed by atoms with Crippen molar-refractivity contribution in [2.45, 2.75) is 33.9 Å². The smallest absolute Gasteiger partial charge is 0.254 e. The standard InChI is InChI=1S/C27H32BrN3O3S/c1-19-13-20(2)21(3)25(14-19)34-17-26-29-24(18-35-26)16-31(8-7-30-9-11-33-12-10-30)27(32)22-5-4-6-23(28)15-22/h4-6,13-15,18H,7-12,16-17H2,1-3H3. The van der Waals surface area contributed by atoms with Gasteiger partial charge in [0.25, 0.3) is 5.91 Å². The van der Waals surface area contributed by atoms with E-state index in [4.69, 9.17) is 14.5 Å². The number of aryl methyl sites for hydroxylation is 2. The molecule has 0 atom stereocenters. The molecule has 0 spiro atoms. The zero-order valence-electron chi connectivity index (χ0n) is 20.6. The number of nitrogens with zero attached hydrogens (tertiary/aromatic N) is 3. The quantitative estimate of drug-likeness (QED) is 0.353. The van der Waals surface area contributed by atoms with E-state index in [2.05, 4.69) is 53.7 Å². The molecular formula is C27H32BrN3O3S. The maximum absolute atomic E-state index is 13.4. The van der Waals surface area contributed by atoms with Gasteiger partial charge >= 0.3 is 0 Å². The topological polar surface area (TPSA) is 54.9 Å². The lowest BCUT2D eigenvalue weighted by atomic mass is 10.1. The number of benzene rings is 2. The molecule has 35 heavy (non-hydrogen) atoms. The molecule has 2 aromatic carbocycles. The van der Waals surface area contributed by atoms with Crippen LogP contribution in [0.15, 0.2) is 46.3 Å². The third kappa shape index (κ3) is 7.13. The highest BCUT2D eigenvalue weighted by atomic mass is 79.9. The molecule has 6 nitrogen and oxygen atoms in total. The van der Waals surface area contributed by atoms with Crippen LogP contribution in [-0.4, -0.2) is 60.1 Å². The highest BCUT2D eigenvalue weighted by Crippen LogP contribution is 2.25. The maximum Gasteiger partial charge on any atom is 0.254 e. The van der Waals surface area contributed by atoms with E-state index in [1.807, 2.05) is 34.5 Å². The minimum atomic E-state index is 0.0104. The van der Waals surface area contributed by atoms with E-state index in [0.717, 1.165) is 59.3 Å². The third-order valence-corrected chi connectivity index (χ3v) is 7.58. The van der Waals surface area contributed by atoms with E-state index in [1.54, 1.807) is 11.3 Å². The molecule has 8 heteroatoms. The number of amides is 1. The molecule has 1 aliphatic rings. The number of rotatable bonds is 9. The fraction of sp³-hybridized carbons (Fsp3) is 0.407. The predicted molar refractivity (Wildman–Crippen MR) is 143 cm³/mol. The molecule has 0 bridgehead atoms. The second-order valence-electron chi connectivity index (χ2n) is 8.92. The highest BCUT2D eigenvalue weighted by Gasteiger charge is 2.20. The van der Waals surface area contributed by atoms with Crippen LogP contribution in [0.25, 0.3) is 0 Å². The molecule has 0 radical (unpaired) electrons. The number of morpholine rings is 1. The van der Waals surface area contributed by atoms with Crippen molar-refractivity contribution in [1.82, 2.24) is 14.8 Å². The number of hydrogen-bond acceptors (Lipinski definition) is 6. The normalized spacial score (nSPS) is 14.2. The first-order valence-electron chi connectivity index (χ1n) is 11.9. The molecule has 1 aliphatic heterocycles. The van der Waals surface area contributed by atoms with Crippen molar-refractivity contribution >= 4 is 33.2 Å². The van der Waals surface area contributed by atoms with Crippen molar-refractivity contribution in [2.75, 3.05) is 39.4 Å². The Morgan fingerprint density at radius 2 is 2.00 bits per heavy atom. The van der Waals surface area contributed by atoms with Crippen molar-refractivity contribution in [3.63, 3.8) is 0 Å². The van der Waals surface area contributed by atoms with Crippen molar-refractivity contribution < 1.29 is 14.3 Å². The zero-order valence-corrected chi connectivity index (χ0v) is 23.0. The number of hydrogen-bond donors (Lipinski definition) is 0. The summed E-state index contributed by atoms with van der Waals surface area (Å²) in [6, 6.07) is 11.8. The number of halogens is 1. The van der Waals surface area contributed by atoms with Gasteiger partial charge in [-0.05, 0) is 61.7 Å². The van der Waals surface area contributed by atoms with Crippen LogP contribution in [0.4, 0.5) is 0 Å². The Morgan fingerprint density at radius 3 is 2.77 bits per heavy atom. The summed E-state index contributed by atoms with van der Waals surface area (Å²) in [5.74, 6) is 0.910. The van der Waals surface area contributed by atoms with Crippen molar-refractivity contribution in [3.8, 4) is 5.75 Å². The first-order valence-corrected chi connectivity index (χ1v) is 13.5. The second kappa shape index (κ2) is 12.1. The summed E-state index contributed by atoms with van der Waals surface area (Å²) in [4.78, 5) is 22.4. The van der Waals surface area contributed by atoms with Crippen LogP contribution in [0.1, 0.15) is 37.7 Å². The molecule has 0 unspecified atom stereocenters. The molecule has 2 heterocycles. The van der Waals surface area contributed by atoms with E-state index in [-0.39, 0.29) is 5.91 Å². The van der Waals surface area contributed by atoms with Crippen LogP contribution < -0.4 is 4.74 Å². The number of aromatic nitrogens is 1. The Labute approximate surface area is 220 Å². The number of thiazole rings is 1. The summed E-state index contributed by atoms with van der Waals surface area (Å²) in [6.07, 6.45) is 0. The lowest BCUT2D eigenvalue weighted by molar-refractivity contribution is 0.0319. The zero-order chi connectivity index (χ0) is 24.8. The fourth-order valence-corrected chi connectivity index (χ4v) is 5.21. The van der Waals surface area contributed by atoms with Gasteiger partial charge in [0.2, 0.25) is 0 Å². The molecular weight excluding hydrogens is 526 g/mol. The van der Waals surface area contributed by atoms with Crippen LogP contribution in [0.3, 0.4) is 0 Å². The SMILES string of the molecule is Cc1cc(C)c(C)c(OCc2nc(CN(CCN3CCOCC3)C(=O)c3cccc(Br)c3)cs2)c1. The molecule has 1 saturated heterocycles. The summed E-state index contributed by atoms with van der Waals surface area (Å²) in [5, 5.41) is 2.93. The molecule has 0 saturated carbocycles. The first-order chi connectivity index (χ1) is 16.9. The van der Waals surface area contributed by atoms with Gasteiger partial charge in [-0.2, -0.15) is 0 Å². The van der Waals surface area contributed by atoms with Gasteiger partial charge in [-0.15, -0.1) is 11.3 Å². The molecule has 1 fully saturated rings. The van der Waals surface area contributed by atoms with E-state index < -0.39 is 0 Å². The van der Waals surface area contributed by atoms with Crippen LogP contribution in [0.5, 0.6) is 5.75 Å². The average molecular weight is 559 g/mol. The molecule has 0 N–H and O–H groups in total. The number of carbonyl (C=O) groups is 1. The van der Waals surface area contributed by atoms with Crippen molar-refractivity contribution in [2.24, 2.45) is 0 Å². The molecule has 0 aliphatic carbocycles. The lowest BCUT2D eigenvalue weighted by Crippen LogP contribution is -2.43. The van der Waals surface area contributed by atoms with Gasteiger partial charge < -0.3 is 14.4 Å². The number of ether oxygens (including phenoxy) is 2. The molecule has 1 amide bonds. The van der Waals surface area contributed by atoms with Gasteiger partial charge in [0, 0.05) is 41.6 Å². The minimum Gasteiger partial charge on any atom is -0.486 e. The fourth-order valence-electron chi connectivity index (χ4n) is 4.12. The summed E-state index contributed by atoms with van der Waals surface area (Å²) < 4.78 is 12.5. The number of carbonyl (C=O) groups excluding carboxylic acids is 1. The van der Waals surface area contributed by atoms with Gasteiger partial charge in [-0.25, -0.2) is 4.98 Å².